The zero-order valence-corrected chi connectivity index (χ0v) is 17.8. The highest BCUT2D eigenvalue weighted by Gasteiger charge is 2.20. The van der Waals surface area contributed by atoms with Crippen LogP contribution >= 0.6 is 24.8 Å². The molecule has 1 atom stereocenters. The number of piperazine rings is 1. The Morgan fingerprint density at radius 1 is 0.840 bits per heavy atom. The number of nitrogens with zero attached hydrogens (tertiary/aromatic N) is 2. The van der Waals surface area contributed by atoms with Crippen LogP contribution in [0.15, 0.2) is 30.3 Å². The minimum atomic E-state index is 0. The van der Waals surface area contributed by atoms with Crippen molar-refractivity contribution in [1.82, 2.24) is 9.80 Å². The molecular formula is C21H38Cl2N2. The first-order valence-corrected chi connectivity index (χ1v) is 9.80. The standard InChI is InChI=1S/C21H36N2.2ClH/c1-3-4-5-6-7-11-14-22-15-17-23(18-16-22)20(2)19-21-12-9-8-10-13-21;;/h8-10,12-13,20H,3-7,11,14-19H2,1-2H3;2*1H. The predicted octanol–water partition coefficient (Wildman–Crippen LogP) is 5.44. The maximum Gasteiger partial charge on any atom is 0.0113 e. The predicted molar refractivity (Wildman–Crippen MR) is 115 cm³/mol. The molecule has 0 aromatic heterocycles. The lowest BCUT2D eigenvalue weighted by Gasteiger charge is -2.38. The number of halogens is 2. The second-order valence-electron chi connectivity index (χ2n) is 7.18. The van der Waals surface area contributed by atoms with E-state index >= 15 is 0 Å². The van der Waals surface area contributed by atoms with Gasteiger partial charge in [0.15, 0.2) is 0 Å². The molecule has 1 aliphatic rings. The topological polar surface area (TPSA) is 6.48 Å². The Morgan fingerprint density at radius 3 is 2.08 bits per heavy atom. The Bertz CT molecular complexity index is 406. The first-order valence-electron chi connectivity index (χ1n) is 9.80. The Hall–Kier alpha value is -0.280. The van der Waals surface area contributed by atoms with Crippen molar-refractivity contribution in [2.75, 3.05) is 32.7 Å². The molecule has 2 nitrogen and oxygen atoms in total. The van der Waals surface area contributed by atoms with Crippen molar-refractivity contribution in [1.29, 1.82) is 0 Å². The highest BCUT2D eigenvalue weighted by atomic mass is 35.5. The monoisotopic (exact) mass is 388 g/mol. The normalized spacial score (nSPS) is 16.7. The van der Waals surface area contributed by atoms with E-state index in [2.05, 4.69) is 54.0 Å². The summed E-state index contributed by atoms with van der Waals surface area (Å²) in [6, 6.07) is 11.6. The Labute approximate surface area is 168 Å². The Morgan fingerprint density at radius 2 is 1.44 bits per heavy atom. The summed E-state index contributed by atoms with van der Waals surface area (Å²) in [6.07, 6.45) is 9.62. The molecule has 0 bridgehead atoms. The van der Waals surface area contributed by atoms with Crippen molar-refractivity contribution in [2.45, 2.75) is 64.8 Å². The van der Waals surface area contributed by atoms with Crippen LogP contribution in [0.25, 0.3) is 0 Å². The van der Waals surface area contributed by atoms with Crippen molar-refractivity contribution < 1.29 is 0 Å². The van der Waals surface area contributed by atoms with Crippen LogP contribution in [0.1, 0.15) is 57.9 Å². The fourth-order valence-corrected chi connectivity index (χ4v) is 3.63. The average Bonchev–Trinajstić information content (AvgIpc) is 2.59. The largest absolute Gasteiger partial charge is 0.301 e. The van der Waals surface area contributed by atoms with E-state index in [4.69, 9.17) is 0 Å². The van der Waals surface area contributed by atoms with Crippen LogP contribution in [0.4, 0.5) is 0 Å². The molecule has 0 radical (unpaired) electrons. The van der Waals surface area contributed by atoms with Crippen molar-refractivity contribution >= 4 is 24.8 Å². The lowest BCUT2D eigenvalue weighted by Crippen LogP contribution is -2.50. The number of hydrogen-bond acceptors (Lipinski definition) is 2. The highest BCUT2D eigenvalue weighted by Crippen LogP contribution is 2.13. The highest BCUT2D eigenvalue weighted by molar-refractivity contribution is 5.85. The second kappa shape index (κ2) is 14.8. The van der Waals surface area contributed by atoms with E-state index in [1.54, 1.807) is 0 Å². The Kier molecular flexibility index (Phi) is 14.7. The summed E-state index contributed by atoms with van der Waals surface area (Å²) < 4.78 is 0. The third-order valence-electron chi connectivity index (χ3n) is 5.23. The molecule has 4 heteroatoms. The summed E-state index contributed by atoms with van der Waals surface area (Å²) in [5.41, 5.74) is 1.47. The minimum Gasteiger partial charge on any atom is -0.301 e. The van der Waals surface area contributed by atoms with E-state index < -0.39 is 0 Å². The van der Waals surface area contributed by atoms with Gasteiger partial charge in [-0.15, -0.1) is 24.8 Å². The summed E-state index contributed by atoms with van der Waals surface area (Å²) in [7, 11) is 0. The molecule has 0 amide bonds. The molecule has 1 heterocycles. The molecule has 0 aliphatic carbocycles. The SMILES string of the molecule is CCCCCCCCN1CCN(C(C)Cc2ccccc2)CC1.Cl.Cl. The van der Waals surface area contributed by atoms with Gasteiger partial charge in [-0.1, -0.05) is 69.4 Å². The van der Waals surface area contributed by atoms with Gasteiger partial charge in [-0.2, -0.15) is 0 Å². The van der Waals surface area contributed by atoms with Gasteiger partial charge in [-0.05, 0) is 31.9 Å². The number of unbranched alkanes of at least 4 members (excludes halogenated alkanes) is 5. The molecule has 1 aliphatic heterocycles. The molecule has 0 spiro atoms. The van der Waals surface area contributed by atoms with Gasteiger partial charge >= 0.3 is 0 Å². The minimum absolute atomic E-state index is 0. The van der Waals surface area contributed by atoms with Gasteiger partial charge in [0, 0.05) is 32.2 Å². The van der Waals surface area contributed by atoms with Gasteiger partial charge in [0.25, 0.3) is 0 Å². The zero-order valence-electron chi connectivity index (χ0n) is 16.2. The van der Waals surface area contributed by atoms with Gasteiger partial charge in [0.1, 0.15) is 0 Å². The maximum absolute atomic E-state index is 2.67. The van der Waals surface area contributed by atoms with Gasteiger partial charge in [0.2, 0.25) is 0 Å². The Balaban J connectivity index is 0.00000288. The van der Waals surface area contributed by atoms with E-state index in [9.17, 15) is 0 Å². The summed E-state index contributed by atoms with van der Waals surface area (Å²) in [5, 5.41) is 0. The maximum atomic E-state index is 2.67. The van der Waals surface area contributed by atoms with Crippen LogP contribution < -0.4 is 0 Å². The van der Waals surface area contributed by atoms with E-state index in [1.165, 1.54) is 83.2 Å². The quantitative estimate of drug-likeness (QED) is 0.492. The fourth-order valence-electron chi connectivity index (χ4n) is 3.63. The van der Waals surface area contributed by atoms with Crippen molar-refractivity contribution in [3.05, 3.63) is 35.9 Å². The van der Waals surface area contributed by atoms with Crippen LogP contribution in [0.2, 0.25) is 0 Å². The van der Waals surface area contributed by atoms with Gasteiger partial charge in [0.05, 0.1) is 0 Å². The van der Waals surface area contributed by atoms with Crippen molar-refractivity contribution in [3.63, 3.8) is 0 Å². The molecule has 146 valence electrons. The molecule has 0 saturated carbocycles. The van der Waals surface area contributed by atoms with E-state index in [1.807, 2.05) is 0 Å². The van der Waals surface area contributed by atoms with Gasteiger partial charge < -0.3 is 4.90 Å². The van der Waals surface area contributed by atoms with Crippen LogP contribution in [0, 0.1) is 0 Å². The van der Waals surface area contributed by atoms with Crippen LogP contribution in [-0.2, 0) is 6.42 Å². The number of benzene rings is 1. The third-order valence-corrected chi connectivity index (χ3v) is 5.23. The lowest BCUT2D eigenvalue weighted by molar-refractivity contribution is 0.101. The molecule has 2 rings (SSSR count). The summed E-state index contributed by atoms with van der Waals surface area (Å²) in [6.45, 7) is 11.0. The van der Waals surface area contributed by atoms with E-state index in [0.717, 1.165) is 0 Å². The molecule has 0 N–H and O–H groups in total. The van der Waals surface area contributed by atoms with E-state index in [-0.39, 0.29) is 24.8 Å². The van der Waals surface area contributed by atoms with Gasteiger partial charge in [-0.25, -0.2) is 0 Å². The molecular weight excluding hydrogens is 351 g/mol. The summed E-state index contributed by atoms with van der Waals surface area (Å²) >= 11 is 0. The molecule has 1 fully saturated rings. The second-order valence-corrected chi connectivity index (χ2v) is 7.18. The molecule has 1 aromatic rings. The average molecular weight is 389 g/mol. The third kappa shape index (κ3) is 9.84. The molecule has 1 unspecified atom stereocenters. The van der Waals surface area contributed by atoms with E-state index in [0.29, 0.717) is 6.04 Å². The summed E-state index contributed by atoms with van der Waals surface area (Å²) in [5.74, 6) is 0. The smallest absolute Gasteiger partial charge is 0.0113 e. The fraction of sp³-hybridized carbons (Fsp3) is 0.714. The molecule has 1 aromatic carbocycles. The lowest BCUT2D eigenvalue weighted by atomic mass is 10.1. The summed E-state index contributed by atoms with van der Waals surface area (Å²) in [4.78, 5) is 5.34. The number of hydrogen-bond donors (Lipinski definition) is 0. The molecule has 25 heavy (non-hydrogen) atoms. The van der Waals surface area contributed by atoms with Crippen LogP contribution in [0.5, 0.6) is 0 Å². The molecule has 1 saturated heterocycles. The van der Waals surface area contributed by atoms with Crippen LogP contribution in [0.3, 0.4) is 0 Å². The van der Waals surface area contributed by atoms with Gasteiger partial charge in [-0.3, -0.25) is 4.90 Å². The first-order chi connectivity index (χ1) is 11.3. The van der Waals surface area contributed by atoms with Crippen molar-refractivity contribution in [3.8, 4) is 0 Å². The first kappa shape index (κ1) is 24.7. The number of rotatable bonds is 10. The zero-order chi connectivity index (χ0) is 16.3. The van der Waals surface area contributed by atoms with Crippen molar-refractivity contribution in [2.24, 2.45) is 0 Å². The van der Waals surface area contributed by atoms with Crippen LogP contribution in [-0.4, -0.2) is 48.6 Å².